The molecule has 1 aromatic carbocycles. The first-order chi connectivity index (χ1) is 9.06. The molecule has 0 spiro atoms. The van der Waals surface area contributed by atoms with Crippen LogP contribution in [0.25, 0.3) is 0 Å². The zero-order chi connectivity index (χ0) is 13.8. The third-order valence-electron chi connectivity index (χ3n) is 2.81. The number of nitrogens with one attached hydrogen (secondary N) is 1. The minimum Gasteiger partial charge on any atom is -0.386 e. The van der Waals surface area contributed by atoms with Gasteiger partial charge in [0.15, 0.2) is 0 Å². The van der Waals surface area contributed by atoms with Crippen molar-refractivity contribution in [3.8, 4) is 0 Å². The van der Waals surface area contributed by atoms with Gasteiger partial charge >= 0.3 is 0 Å². The van der Waals surface area contributed by atoms with Crippen LogP contribution in [0.2, 0.25) is 0 Å². The van der Waals surface area contributed by atoms with Crippen molar-refractivity contribution >= 4 is 17.2 Å². The molecule has 2 rings (SSSR count). The van der Waals surface area contributed by atoms with E-state index in [1.807, 2.05) is 49.6 Å². The van der Waals surface area contributed by atoms with E-state index in [1.54, 1.807) is 0 Å². The maximum absolute atomic E-state index is 12.0. The maximum atomic E-state index is 12.0. The molecule has 0 saturated heterocycles. The highest BCUT2D eigenvalue weighted by atomic mass is 32.1. The van der Waals surface area contributed by atoms with Gasteiger partial charge in [-0.25, -0.2) is 0 Å². The van der Waals surface area contributed by atoms with Crippen molar-refractivity contribution in [3.05, 3.63) is 57.3 Å². The molecule has 1 heterocycles. The number of thiophene rings is 1. The molecule has 1 amide bonds. The van der Waals surface area contributed by atoms with E-state index in [2.05, 4.69) is 5.32 Å². The Kier molecular flexibility index (Phi) is 4.35. The standard InChI is InChI=1S/C15H17NO2S/c1-10-6-11(2)8-12(7-10)15(18)16-9-13(17)14-4-3-5-19-14/h3-8,13,17H,9H2,1-2H3,(H,16,18). The molecule has 0 aliphatic heterocycles. The van der Waals surface area contributed by atoms with Crippen molar-refractivity contribution in [2.45, 2.75) is 20.0 Å². The fourth-order valence-corrected chi connectivity index (χ4v) is 2.69. The van der Waals surface area contributed by atoms with Gasteiger partial charge in [0, 0.05) is 17.0 Å². The number of aliphatic hydroxyl groups excluding tert-OH is 1. The van der Waals surface area contributed by atoms with E-state index in [9.17, 15) is 9.90 Å². The first kappa shape index (κ1) is 13.8. The second-order valence-electron chi connectivity index (χ2n) is 4.62. The third kappa shape index (κ3) is 3.66. The second-order valence-corrected chi connectivity index (χ2v) is 5.60. The highest BCUT2D eigenvalue weighted by Gasteiger charge is 2.11. The summed E-state index contributed by atoms with van der Waals surface area (Å²) in [5.74, 6) is -0.151. The number of carbonyl (C=O) groups excluding carboxylic acids is 1. The molecule has 0 saturated carbocycles. The third-order valence-corrected chi connectivity index (χ3v) is 3.78. The van der Waals surface area contributed by atoms with Crippen molar-refractivity contribution in [1.29, 1.82) is 0 Å². The monoisotopic (exact) mass is 275 g/mol. The van der Waals surface area contributed by atoms with Crippen molar-refractivity contribution in [3.63, 3.8) is 0 Å². The van der Waals surface area contributed by atoms with Gasteiger partial charge in [-0.1, -0.05) is 23.3 Å². The topological polar surface area (TPSA) is 49.3 Å². The van der Waals surface area contributed by atoms with Gasteiger partial charge in [0.05, 0.1) is 0 Å². The summed E-state index contributed by atoms with van der Waals surface area (Å²) < 4.78 is 0. The zero-order valence-electron chi connectivity index (χ0n) is 11.0. The van der Waals surface area contributed by atoms with Crippen LogP contribution in [0.3, 0.4) is 0 Å². The van der Waals surface area contributed by atoms with Gasteiger partial charge in [0.2, 0.25) is 0 Å². The van der Waals surface area contributed by atoms with E-state index in [1.165, 1.54) is 11.3 Å². The molecule has 0 aliphatic carbocycles. The number of aliphatic hydroxyl groups is 1. The largest absolute Gasteiger partial charge is 0.386 e. The average molecular weight is 275 g/mol. The Hall–Kier alpha value is -1.65. The van der Waals surface area contributed by atoms with Gasteiger partial charge < -0.3 is 10.4 Å². The molecule has 100 valence electrons. The number of hydrogen-bond acceptors (Lipinski definition) is 3. The van der Waals surface area contributed by atoms with E-state index >= 15 is 0 Å². The van der Waals surface area contributed by atoms with Gasteiger partial charge in [-0.05, 0) is 37.4 Å². The molecular weight excluding hydrogens is 258 g/mol. The fourth-order valence-electron chi connectivity index (χ4n) is 1.98. The predicted molar refractivity (Wildman–Crippen MR) is 77.5 cm³/mol. The first-order valence-corrected chi connectivity index (χ1v) is 7.02. The lowest BCUT2D eigenvalue weighted by atomic mass is 10.1. The minimum atomic E-state index is -0.644. The van der Waals surface area contributed by atoms with E-state index in [4.69, 9.17) is 0 Å². The fraction of sp³-hybridized carbons (Fsp3) is 0.267. The van der Waals surface area contributed by atoms with Gasteiger partial charge in [0.1, 0.15) is 6.10 Å². The van der Waals surface area contributed by atoms with E-state index in [0.29, 0.717) is 5.56 Å². The van der Waals surface area contributed by atoms with Crippen LogP contribution in [-0.2, 0) is 0 Å². The van der Waals surface area contributed by atoms with Gasteiger partial charge in [-0.2, -0.15) is 0 Å². The van der Waals surface area contributed by atoms with E-state index < -0.39 is 6.10 Å². The molecule has 1 aromatic heterocycles. The summed E-state index contributed by atoms with van der Waals surface area (Å²) in [4.78, 5) is 12.9. The molecule has 1 unspecified atom stereocenters. The van der Waals surface area contributed by atoms with Gasteiger partial charge in [-0.15, -0.1) is 11.3 Å². The molecule has 0 fully saturated rings. The number of amides is 1. The number of carbonyl (C=O) groups is 1. The Morgan fingerprint density at radius 1 is 1.32 bits per heavy atom. The highest BCUT2D eigenvalue weighted by Crippen LogP contribution is 2.18. The second kappa shape index (κ2) is 5.99. The predicted octanol–water partition coefficient (Wildman–Crippen LogP) is 2.83. The maximum Gasteiger partial charge on any atom is 0.251 e. The van der Waals surface area contributed by atoms with Crippen LogP contribution in [0.15, 0.2) is 35.7 Å². The van der Waals surface area contributed by atoms with Crippen LogP contribution in [0, 0.1) is 13.8 Å². The molecule has 0 radical (unpaired) electrons. The Morgan fingerprint density at radius 2 is 2.00 bits per heavy atom. The number of rotatable bonds is 4. The first-order valence-electron chi connectivity index (χ1n) is 6.14. The van der Waals surface area contributed by atoms with E-state index in [-0.39, 0.29) is 12.5 Å². The lowest BCUT2D eigenvalue weighted by Crippen LogP contribution is -2.28. The van der Waals surface area contributed by atoms with Gasteiger partial charge in [-0.3, -0.25) is 4.79 Å². The Labute approximate surface area is 116 Å². The summed E-state index contributed by atoms with van der Waals surface area (Å²) in [7, 11) is 0. The number of benzene rings is 1. The smallest absolute Gasteiger partial charge is 0.251 e. The Bertz CT molecular complexity index is 543. The summed E-state index contributed by atoms with van der Waals surface area (Å²) >= 11 is 1.48. The normalized spacial score (nSPS) is 12.2. The molecule has 19 heavy (non-hydrogen) atoms. The number of aryl methyl sites for hydroxylation is 2. The van der Waals surface area contributed by atoms with Crippen LogP contribution >= 0.6 is 11.3 Å². The summed E-state index contributed by atoms with van der Waals surface area (Å²) in [5, 5.41) is 14.6. The van der Waals surface area contributed by atoms with Crippen molar-refractivity contribution in [2.75, 3.05) is 6.54 Å². The van der Waals surface area contributed by atoms with Crippen LogP contribution < -0.4 is 5.32 Å². The molecule has 2 N–H and O–H groups in total. The van der Waals surface area contributed by atoms with Crippen molar-refractivity contribution in [2.24, 2.45) is 0 Å². The van der Waals surface area contributed by atoms with Crippen LogP contribution in [0.5, 0.6) is 0 Å². The SMILES string of the molecule is Cc1cc(C)cc(C(=O)NCC(O)c2cccs2)c1. The summed E-state index contributed by atoms with van der Waals surface area (Å²) in [6.07, 6.45) is -0.644. The molecule has 4 heteroatoms. The lowest BCUT2D eigenvalue weighted by molar-refractivity contribution is 0.0918. The van der Waals surface area contributed by atoms with Crippen LogP contribution in [0.4, 0.5) is 0 Å². The molecule has 0 aliphatic rings. The van der Waals surface area contributed by atoms with Gasteiger partial charge in [0.25, 0.3) is 5.91 Å². The summed E-state index contributed by atoms with van der Waals surface area (Å²) in [6, 6.07) is 9.46. The summed E-state index contributed by atoms with van der Waals surface area (Å²) in [6.45, 7) is 4.15. The van der Waals surface area contributed by atoms with Crippen molar-refractivity contribution in [1.82, 2.24) is 5.32 Å². The molecule has 1 atom stereocenters. The quantitative estimate of drug-likeness (QED) is 0.901. The molecule has 3 nitrogen and oxygen atoms in total. The molecular formula is C15H17NO2S. The van der Waals surface area contributed by atoms with Crippen molar-refractivity contribution < 1.29 is 9.90 Å². The molecule has 0 bridgehead atoms. The molecule has 2 aromatic rings. The lowest BCUT2D eigenvalue weighted by Gasteiger charge is -2.11. The zero-order valence-corrected chi connectivity index (χ0v) is 11.8. The minimum absolute atomic E-state index is 0.151. The van der Waals surface area contributed by atoms with E-state index in [0.717, 1.165) is 16.0 Å². The number of hydrogen-bond donors (Lipinski definition) is 2. The Balaban J connectivity index is 1.98. The highest BCUT2D eigenvalue weighted by molar-refractivity contribution is 7.10. The average Bonchev–Trinajstić information content (AvgIpc) is 2.88. The van der Waals surface area contributed by atoms with Crippen LogP contribution in [-0.4, -0.2) is 17.6 Å². The summed E-state index contributed by atoms with van der Waals surface area (Å²) in [5.41, 5.74) is 2.75. The Morgan fingerprint density at radius 3 is 2.58 bits per heavy atom. The van der Waals surface area contributed by atoms with Crippen LogP contribution in [0.1, 0.15) is 32.5 Å².